The van der Waals surface area contributed by atoms with Gasteiger partial charge in [0, 0.05) is 6.04 Å². The van der Waals surface area contributed by atoms with Crippen LogP contribution < -0.4 is 14.8 Å². The molecular weight excluding hydrogens is 448 g/mol. The number of hydrogen-bond donors (Lipinski definition) is 2. The van der Waals surface area contributed by atoms with Crippen LogP contribution in [0.5, 0.6) is 5.75 Å². The van der Waals surface area contributed by atoms with Gasteiger partial charge < -0.3 is 10.1 Å². The molecule has 3 aromatic carbocycles. The zero-order chi connectivity index (χ0) is 24.6. The fourth-order valence-electron chi connectivity index (χ4n) is 3.73. The van der Waals surface area contributed by atoms with Crippen LogP contribution in [0.3, 0.4) is 0 Å². The molecule has 3 aromatic rings. The molecule has 1 amide bonds. The summed E-state index contributed by atoms with van der Waals surface area (Å²) in [6.45, 7) is 3.74. The maximum atomic E-state index is 13.3. The Balaban J connectivity index is 1.78. The number of rotatable bonds is 11. The van der Waals surface area contributed by atoms with Crippen molar-refractivity contribution in [3.8, 4) is 5.75 Å². The first-order valence-corrected chi connectivity index (χ1v) is 12.8. The van der Waals surface area contributed by atoms with Crippen molar-refractivity contribution in [2.75, 3.05) is 7.11 Å². The Morgan fingerprint density at radius 1 is 0.941 bits per heavy atom. The van der Waals surface area contributed by atoms with Gasteiger partial charge in [0.15, 0.2) is 0 Å². The molecule has 3 rings (SSSR count). The summed E-state index contributed by atoms with van der Waals surface area (Å²) < 4.78 is 34.5. The van der Waals surface area contributed by atoms with Gasteiger partial charge in [0.25, 0.3) is 0 Å². The summed E-state index contributed by atoms with van der Waals surface area (Å²) in [5, 5.41) is 2.99. The Bertz CT molecular complexity index is 1180. The molecular formula is C27H32N2O4S. The van der Waals surface area contributed by atoms with Crippen LogP contribution in [-0.4, -0.2) is 33.5 Å². The average Bonchev–Trinajstić information content (AvgIpc) is 2.83. The highest BCUT2D eigenvalue weighted by Crippen LogP contribution is 2.25. The molecule has 2 atom stereocenters. The number of methoxy groups -OCH3 is 1. The number of aryl methyl sites for hydroxylation is 2. The van der Waals surface area contributed by atoms with E-state index in [4.69, 9.17) is 4.74 Å². The van der Waals surface area contributed by atoms with E-state index >= 15 is 0 Å². The Morgan fingerprint density at radius 3 is 2.18 bits per heavy atom. The fraction of sp³-hybridized carbons (Fsp3) is 0.296. The minimum absolute atomic E-state index is 0.0120. The molecule has 0 heterocycles. The van der Waals surface area contributed by atoms with Crippen molar-refractivity contribution >= 4 is 15.9 Å². The molecule has 0 spiro atoms. The summed E-state index contributed by atoms with van der Waals surface area (Å²) in [7, 11) is -2.59. The minimum Gasteiger partial charge on any atom is -0.495 e. The Hall–Kier alpha value is -3.16. The monoisotopic (exact) mass is 480 g/mol. The molecule has 0 saturated carbocycles. The Labute approximate surface area is 202 Å². The molecule has 7 heteroatoms. The van der Waals surface area contributed by atoms with E-state index in [1.807, 2.05) is 55.5 Å². The zero-order valence-corrected chi connectivity index (χ0v) is 20.6. The summed E-state index contributed by atoms with van der Waals surface area (Å²) in [6, 6.07) is 23.3. The first-order chi connectivity index (χ1) is 16.3. The highest BCUT2D eigenvalue weighted by molar-refractivity contribution is 7.89. The van der Waals surface area contributed by atoms with Crippen LogP contribution in [-0.2, 0) is 27.7 Å². The van der Waals surface area contributed by atoms with E-state index < -0.39 is 16.1 Å². The number of carbonyl (C=O) groups excluding carboxylic acids is 1. The SMILES string of the molecule is COc1ccc(C)cc1S(=O)(=O)NC(Cc1ccccc1)C(=O)NC(C)CCc1ccccc1. The van der Waals surface area contributed by atoms with E-state index in [1.165, 1.54) is 12.7 Å². The summed E-state index contributed by atoms with van der Waals surface area (Å²) >= 11 is 0. The van der Waals surface area contributed by atoms with Crippen LogP contribution in [0.15, 0.2) is 83.8 Å². The normalized spacial score (nSPS) is 13.1. The lowest BCUT2D eigenvalue weighted by atomic mass is 10.0. The minimum atomic E-state index is -4.02. The van der Waals surface area contributed by atoms with Crippen molar-refractivity contribution in [2.45, 2.75) is 50.1 Å². The van der Waals surface area contributed by atoms with Gasteiger partial charge in [-0.15, -0.1) is 0 Å². The van der Waals surface area contributed by atoms with Gasteiger partial charge in [-0.1, -0.05) is 66.7 Å². The molecule has 180 valence electrons. The first kappa shape index (κ1) is 25.5. The molecule has 0 radical (unpaired) electrons. The van der Waals surface area contributed by atoms with E-state index in [0.29, 0.717) is 0 Å². The van der Waals surface area contributed by atoms with Crippen LogP contribution in [0.4, 0.5) is 0 Å². The van der Waals surface area contributed by atoms with E-state index in [-0.39, 0.29) is 29.0 Å². The molecule has 2 unspecified atom stereocenters. The molecule has 0 aliphatic rings. The van der Waals surface area contributed by atoms with Crippen molar-refractivity contribution < 1.29 is 17.9 Å². The maximum Gasteiger partial charge on any atom is 0.244 e. The lowest BCUT2D eigenvalue weighted by Gasteiger charge is -2.22. The zero-order valence-electron chi connectivity index (χ0n) is 19.8. The molecule has 0 saturated heterocycles. The quantitative estimate of drug-likeness (QED) is 0.434. The average molecular weight is 481 g/mol. The number of carbonyl (C=O) groups is 1. The third kappa shape index (κ3) is 7.17. The Kier molecular flexibility index (Phi) is 8.85. The van der Waals surface area contributed by atoms with Crippen LogP contribution in [0.1, 0.15) is 30.0 Å². The number of nitrogens with one attached hydrogen (secondary N) is 2. The van der Waals surface area contributed by atoms with Crippen LogP contribution in [0.25, 0.3) is 0 Å². The number of amides is 1. The van der Waals surface area contributed by atoms with Crippen molar-refractivity contribution in [2.24, 2.45) is 0 Å². The van der Waals surface area contributed by atoms with E-state index in [0.717, 1.165) is 24.0 Å². The maximum absolute atomic E-state index is 13.3. The molecule has 0 aromatic heterocycles. The third-order valence-corrected chi connectivity index (χ3v) is 7.10. The summed E-state index contributed by atoms with van der Waals surface area (Å²) in [5.74, 6) is -0.132. The van der Waals surface area contributed by atoms with E-state index in [1.54, 1.807) is 25.1 Å². The lowest BCUT2D eigenvalue weighted by Crippen LogP contribution is -2.50. The van der Waals surface area contributed by atoms with E-state index in [9.17, 15) is 13.2 Å². The number of benzene rings is 3. The molecule has 0 aliphatic carbocycles. The van der Waals surface area contributed by atoms with Crippen LogP contribution >= 0.6 is 0 Å². The van der Waals surface area contributed by atoms with Crippen molar-refractivity contribution in [3.05, 3.63) is 95.6 Å². The smallest absolute Gasteiger partial charge is 0.244 e. The molecule has 34 heavy (non-hydrogen) atoms. The van der Waals surface area contributed by atoms with Gasteiger partial charge in [0.2, 0.25) is 15.9 Å². The third-order valence-electron chi connectivity index (χ3n) is 5.60. The summed E-state index contributed by atoms with van der Waals surface area (Å²) in [5.41, 5.74) is 2.83. The van der Waals surface area contributed by atoms with Crippen molar-refractivity contribution in [3.63, 3.8) is 0 Å². The van der Waals surface area contributed by atoms with Crippen molar-refractivity contribution in [1.29, 1.82) is 0 Å². The number of hydrogen-bond acceptors (Lipinski definition) is 4. The second-order valence-corrected chi connectivity index (χ2v) is 10.1. The van der Waals surface area contributed by atoms with Gasteiger partial charge in [0.1, 0.15) is 16.7 Å². The topological polar surface area (TPSA) is 84.5 Å². The first-order valence-electron chi connectivity index (χ1n) is 11.3. The van der Waals surface area contributed by atoms with Gasteiger partial charge in [-0.3, -0.25) is 4.79 Å². The highest BCUT2D eigenvalue weighted by Gasteiger charge is 2.29. The van der Waals surface area contributed by atoms with Crippen LogP contribution in [0.2, 0.25) is 0 Å². The largest absolute Gasteiger partial charge is 0.495 e. The van der Waals surface area contributed by atoms with Gasteiger partial charge in [-0.25, -0.2) is 8.42 Å². The number of ether oxygens (including phenoxy) is 1. The lowest BCUT2D eigenvalue weighted by molar-refractivity contribution is -0.123. The Morgan fingerprint density at radius 2 is 1.56 bits per heavy atom. The van der Waals surface area contributed by atoms with Crippen LogP contribution in [0, 0.1) is 6.92 Å². The summed E-state index contributed by atoms with van der Waals surface area (Å²) in [6.07, 6.45) is 1.79. The second kappa shape index (κ2) is 11.8. The highest BCUT2D eigenvalue weighted by atomic mass is 32.2. The summed E-state index contributed by atoms with van der Waals surface area (Å²) in [4.78, 5) is 13.2. The molecule has 6 nitrogen and oxygen atoms in total. The molecule has 0 fully saturated rings. The van der Waals surface area contributed by atoms with Gasteiger partial charge in [0.05, 0.1) is 7.11 Å². The number of sulfonamides is 1. The van der Waals surface area contributed by atoms with Crippen molar-refractivity contribution in [1.82, 2.24) is 10.0 Å². The predicted octanol–water partition coefficient (Wildman–Crippen LogP) is 4.03. The van der Waals surface area contributed by atoms with Gasteiger partial charge >= 0.3 is 0 Å². The molecule has 2 N–H and O–H groups in total. The predicted molar refractivity (Wildman–Crippen MR) is 134 cm³/mol. The van der Waals surface area contributed by atoms with Gasteiger partial charge in [-0.05, 0) is 61.9 Å². The molecule has 0 aliphatic heterocycles. The molecule has 0 bridgehead atoms. The van der Waals surface area contributed by atoms with Gasteiger partial charge in [-0.2, -0.15) is 4.72 Å². The second-order valence-electron chi connectivity index (χ2n) is 8.45. The van der Waals surface area contributed by atoms with E-state index in [2.05, 4.69) is 22.2 Å². The standard InChI is InChI=1S/C27H32N2O4S/c1-20-14-17-25(33-3)26(18-20)34(31,32)29-24(19-23-12-8-5-9-13-23)27(30)28-21(2)15-16-22-10-6-4-7-11-22/h4-14,17-18,21,24,29H,15-16,19H2,1-3H3,(H,28,30). The fourth-order valence-corrected chi connectivity index (χ4v) is 5.18.